The van der Waals surface area contributed by atoms with Crippen LogP contribution in [-0.4, -0.2) is 51.9 Å². The fourth-order valence-corrected chi connectivity index (χ4v) is 4.53. The Hall–Kier alpha value is -2.71. The van der Waals surface area contributed by atoms with Crippen LogP contribution in [0.1, 0.15) is 29.6 Å². The number of aromatic nitrogens is 2. The summed E-state index contributed by atoms with van der Waals surface area (Å²) in [6, 6.07) is 7.37. The average molecular weight is 427 g/mol. The molecule has 2 aromatic heterocycles. The predicted octanol–water partition coefficient (Wildman–Crippen LogP) is 2.80. The number of nitrogens with one attached hydrogen (secondary N) is 2. The molecule has 2 atom stereocenters. The van der Waals surface area contributed by atoms with E-state index in [1.807, 2.05) is 42.8 Å². The highest BCUT2D eigenvalue weighted by Gasteiger charge is 2.32. The molecule has 0 unspecified atom stereocenters. The van der Waals surface area contributed by atoms with Gasteiger partial charge in [-0.2, -0.15) is 0 Å². The van der Waals surface area contributed by atoms with Gasteiger partial charge in [-0.1, -0.05) is 18.2 Å². The quantitative estimate of drug-likeness (QED) is 0.608. The molecule has 1 aromatic carbocycles. The number of rotatable bonds is 7. The number of likely N-dealkylation sites (tertiary alicyclic amines) is 1. The molecule has 7 nitrogen and oxygen atoms in total. The Morgan fingerprint density at radius 3 is 3.00 bits per heavy atom. The van der Waals surface area contributed by atoms with Crippen molar-refractivity contribution < 1.29 is 14.3 Å². The van der Waals surface area contributed by atoms with Gasteiger partial charge in [0.05, 0.1) is 23.4 Å². The summed E-state index contributed by atoms with van der Waals surface area (Å²) in [5.41, 5.74) is 2.97. The lowest BCUT2D eigenvalue weighted by Gasteiger charge is -2.24. The maximum atomic E-state index is 13.2. The average Bonchev–Trinajstić information content (AvgIpc) is 3.45. The molecule has 2 amide bonds. The van der Waals surface area contributed by atoms with Gasteiger partial charge in [0.25, 0.3) is 0 Å². The van der Waals surface area contributed by atoms with Crippen molar-refractivity contribution in [1.29, 1.82) is 0 Å². The van der Waals surface area contributed by atoms with Crippen LogP contribution in [0.2, 0.25) is 0 Å². The van der Waals surface area contributed by atoms with Crippen molar-refractivity contribution in [3.63, 3.8) is 0 Å². The zero-order chi connectivity index (χ0) is 21.1. The summed E-state index contributed by atoms with van der Waals surface area (Å²) in [5, 5.41) is 6.93. The lowest BCUT2D eigenvalue weighted by atomic mass is 10.0. The van der Waals surface area contributed by atoms with E-state index in [0.717, 1.165) is 33.6 Å². The molecular weight excluding hydrogens is 400 g/mol. The Bertz CT molecular complexity index is 1040. The highest BCUT2D eigenvalue weighted by Crippen LogP contribution is 2.21. The van der Waals surface area contributed by atoms with Gasteiger partial charge in [0.2, 0.25) is 11.8 Å². The number of hydrogen-bond acceptors (Lipinski definition) is 5. The first-order chi connectivity index (χ1) is 14.5. The maximum Gasteiger partial charge on any atom is 0.245 e. The van der Waals surface area contributed by atoms with Crippen molar-refractivity contribution in [1.82, 2.24) is 20.2 Å². The molecule has 2 N–H and O–H groups in total. The molecule has 1 aliphatic heterocycles. The second-order valence-electron chi connectivity index (χ2n) is 7.68. The molecular formula is C22H26N4O3S. The molecule has 1 aliphatic rings. The lowest BCUT2D eigenvalue weighted by molar-refractivity contribution is -0.135. The van der Waals surface area contributed by atoms with Crippen molar-refractivity contribution in [2.24, 2.45) is 0 Å². The predicted molar refractivity (Wildman–Crippen MR) is 116 cm³/mol. The number of nitrogens with zero attached hydrogens (tertiary/aromatic N) is 2. The van der Waals surface area contributed by atoms with Crippen LogP contribution in [0.5, 0.6) is 0 Å². The summed E-state index contributed by atoms with van der Waals surface area (Å²) in [6.07, 6.45) is 3.14. The number of fused-ring (bicyclic) bond motifs is 1. The standard InChI is InChI=1S/C22H26N4O3S/c1-14(27)24-21(9-16-10-23-20-6-4-3-5-19(16)20)22(28)26-8-7-18(11-26)29-12-17-13-30-15(2)25-17/h3-6,10,13,18,21,23H,7-9,11-12H2,1-2H3,(H,24,27)/t18-,21-/m1/s1. The zero-order valence-electron chi connectivity index (χ0n) is 17.2. The Labute approximate surface area is 179 Å². The van der Waals surface area contributed by atoms with Gasteiger partial charge in [0.15, 0.2) is 0 Å². The van der Waals surface area contributed by atoms with E-state index in [1.54, 1.807) is 16.2 Å². The van der Waals surface area contributed by atoms with Crippen LogP contribution >= 0.6 is 11.3 Å². The van der Waals surface area contributed by atoms with Crippen molar-refractivity contribution in [3.05, 3.63) is 52.1 Å². The molecule has 0 saturated carbocycles. The number of carbonyl (C=O) groups excluding carboxylic acids is 2. The van der Waals surface area contributed by atoms with Crippen LogP contribution in [0.25, 0.3) is 10.9 Å². The van der Waals surface area contributed by atoms with E-state index in [9.17, 15) is 9.59 Å². The normalized spacial score (nSPS) is 17.4. The fraction of sp³-hybridized carbons (Fsp3) is 0.409. The number of aryl methyl sites for hydroxylation is 1. The van der Waals surface area contributed by atoms with Crippen molar-refractivity contribution >= 4 is 34.1 Å². The Morgan fingerprint density at radius 2 is 2.23 bits per heavy atom. The Kier molecular flexibility index (Phi) is 6.15. The third-order valence-corrected chi connectivity index (χ3v) is 6.19. The lowest BCUT2D eigenvalue weighted by Crippen LogP contribution is -2.48. The number of carbonyl (C=O) groups is 2. The van der Waals surface area contributed by atoms with E-state index in [1.165, 1.54) is 6.92 Å². The molecule has 4 rings (SSSR count). The van der Waals surface area contributed by atoms with E-state index >= 15 is 0 Å². The number of para-hydroxylation sites is 1. The zero-order valence-corrected chi connectivity index (χ0v) is 18.0. The second-order valence-corrected chi connectivity index (χ2v) is 8.74. The number of hydrogen-bond donors (Lipinski definition) is 2. The van der Waals surface area contributed by atoms with E-state index in [2.05, 4.69) is 15.3 Å². The Morgan fingerprint density at radius 1 is 1.40 bits per heavy atom. The largest absolute Gasteiger partial charge is 0.370 e. The van der Waals surface area contributed by atoms with Gasteiger partial charge in [0.1, 0.15) is 6.04 Å². The van der Waals surface area contributed by atoms with Crippen molar-refractivity contribution in [2.75, 3.05) is 13.1 Å². The van der Waals surface area contributed by atoms with Crippen LogP contribution in [-0.2, 0) is 27.4 Å². The summed E-state index contributed by atoms with van der Waals surface area (Å²) in [4.78, 5) is 34.4. The first-order valence-corrected chi connectivity index (χ1v) is 11.0. The van der Waals surface area contributed by atoms with Crippen LogP contribution in [0.3, 0.4) is 0 Å². The molecule has 0 aliphatic carbocycles. The minimum absolute atomic E-state index is 0.0120. The molecule has 3 heterocycles. The third-order valence-electron chi connectivity index (χ3n) is 5.36. The van der Waals surface area contributed by atoms with E-state index in [4.69, 9.17) is 4.74 Å². The molecule has 0 spiro atoms. The second kappa shape index (κ2) is 8.97. The minimum Gasteiger partial charge on any atom is -0.370 e. The number of ether oxygens (including phenoxy) is 1. The molecule has 1 saturated heterocycles. The number of benzene rings is 1. The van der Waals surface area contributed by atoms with Crippen LogP contribution in [0.4, 0.5) is 0 Å². The van der Waals surface area contributed by atoms with Gasteiger partial charge in [-0.25, -0.2) is 4.98 Å². The van der Waals surface area contributed by atoms with E-state index in [-0.39, 0.29) is 17.9 Å². The topological polar surface area (TPSA) is 87.3 Å². The molecule has 0 radical (unpaired) electrons. The van der Waals surface area contributed by atoms with Crippen molar-refractivity contribution in [2.45, 2.75) is 45.4 Å². The summed E-state index contributed by atoms with van der Waals surface area (Å²) >= 11 is 1.61. The molecule has 158 valence electrons. The van der Waals surface area contributed by atoms with Gasteiger partial charge in [-0.15, -0.1) is 11.3 Å². The van der Waals surface area contributed by atoms with Crippen molar-refractivity contribution in [3.8, 4) is 0 Å². The molecule has 3 aromatic rings. The van der Waals surface area contributed by atoms with Gasteiger partial charge >= 0.3 is 0 Å². The van der Waals surface area contributed by atoms with Crippen LogP contribution < -0.4 is 5.32 Å². The van der Waals surface area contributed by atoms with E-state index in [0.29, 0.717) is 26.1 Å². The highest BCUT2D eigenvalue weighted by molar-refractivity contribution is 7.09. The summed E-state index contributed by atoms with van der Waals surface area (Å²) in [5.74, 6) is -0.273. The minimum atomic E-state index is -0.596. The highest BCUT2D eigenvalue weighted by atomic mass is 32.1. The van der Waals surface area contributed by atoms with Gasteiger partial charge in [-0.3, -0.25) is 9.59 Å². The van der Waals surface area contributed by atoms with Gasteiger partial charge < -0.3 is 19.9 Å². The summed E-state index contributed by atoms with van der Waals surface area (Å²) in [6.45, 7) is 5.04. The molecule has 1 fully saturated rings. The van der Waals surface area contributed by atoms with Gasteiger partial charge in [-0.05, 0) is 25.0 Å². The van der Waals surface area contributed by atoms with Crippen LogP contribution in [0.15, 0.2) is 35.8 Å². The SMILES string of the molecule is CC(=O)N[C@H](Cc1c[nH]c2ccccc12)C(=O)N1CC[C@@H](OCc2csc(C)n2)C1. The Balaban J connectivity index is 1.40. The number of amides is 2. The van der Waals surface area contributed by atoms with E-state index < -0.39 is 6.04 Å². The molecule has 0 bridgehead atoms. The fourth-order valence-electron chi connectivity index (χ4n) is 3.93. The number of thiazole rings is 1. The maximum absolute atomic E-state index is 13.2. The summed E-state index contributed by atoms with van der Waals surface area (Å²) < 4.78 is 5.97. The van der Waals surface area contributed by atoms with Gasteiger partial charge in [0, 0.05) is 48.9 Å². The molecule has 8 heteroatoms. The molecule has 30 heavy (non-hydrogen) atoms. The number of H-pyrrole nitrogens is 1. The third kappa shape index (κ3) is 4.71. The number of aromatic amines is 1. The monoisotopic (exact) mass is 426 g/mol. The first kappa shape index (κ1) is 20.6. The summed E-state index contributed by atoms with van der Waals surface area (Å²) in [7, 11) is 0. The van der Waals surface area contributed by atoms with Crippen LogP contribution in [0, 0.1) is 6.92 Å². The first-order valence-electron chi connectivity index (χ1n) is 10.1. The smallest absolute Gasteiger partial charge is 0.245 e.